The van der Waals surface area contributed by atoms with Gasteiger partial charge in [-0.1, -0.05) is 29.8 Å². The molecular formula is C22H15ClF2N2O5S. The highest BCUT2D eigenvalue weighted by Gasteiger charge is 2.35. The van der Waals surface area contributed by atoms with E-state index in [0.29, 0.717) is 11.8 Å². The molecule has 1 fully saturated rings. The van der Waals surface area contributed by atoms with Crippen molar-refractivity contribution in [2.24, 2.45) is 0 Å². The van der Waals surface area contributed by atoms with Crippen LogP contribution in [0.25, 0.3) is 11.1 Å². The van der Waals surface area contributed by atoms with Crippen LogP contribution in [-0.4, -0.2) is 43.5 Å². The first-order valence-electron chi connectivity index (χ1n) is 9.74. The summed E-state index contributed by atoms with van der Waals surface area (Å²) in [6, 6.07) is 10.1. The van der Waals surface area contributed by atoms with Gasteiger partial charge in [0.1, 0.15) is 28.4 Å². The summed E-state index contributed by atoms with van der Waals surface area (Å²) >= 11 is 5.98. The van der Waals surface area contributed by atoms with Crippen LogP contribution in [0.2, 0.25) is 5.02 Å². The summed E-state index contributed by atoms with van der Waals surface area (Å²) in [5.41, 5.74) is -0.451. The molecule has 33 heavy (non-hydrogen) atoms. The second-order valence-corrected chi connectivity index (χ2v) is 9.73. The van der Waals surface area contributed by atoms with Crippen LogP contribution in [0.4, 0.5) is 14.5 Å². The number of carbonyl (C=O) groups excluding carboxylic acids is 1. The predicted molar refractivity (Wildman–Crippen MR) is 116 cm³/mol. The zero-order valence-corrected chi connectivity index (χ0v) is 18.3. The second-order valence-electron chi connectivity index (χ2n) is 7.67. The number of phenolic OH excluding ortho intramolecular Hbond substituents is 1. The Bertz CT molecular complexity index is 1420. The molecule has 3 aliphatic rings. The average Bonchev–Trinajstić information content (AvgIpc) is 2.73. The van der Waals surface area contributed by atoms with Crippen molar-refractivity contribution in [2.75, 3.05) is 17.8 Å². The van der Waals surface area contributed by atoms with Crippen molar-refractivity contribution in [3.05, 3.63) is 70.8 Å². The molecule has 3 aromatic rings. The number of benzene rings is 3. The van der Waals surface area contributed by atoms with Crippen molar-refractivity contribution < 1.29 is 31.8 Å². The van der Waals surface area contributed by atoms with Gasteiger partial charge in [0, 0.05) is 22.8 Å². The van der Waals surface area contributed by atoms with Gasteiger partial charge in [-0.15, -0.1) is 0 Å². The summed E-state index contributed by atoms with van der Waals surface area (Å²) < 4.78 is 63.3. The maximum atomic E-state index is 14.7. The molecule has 3 heterocycles. The molecule has 2 N–H and O–H groups in total. The molecule has 3 aliphatic heterocycles. The van der Waals surface area contributed by atoms with Gasteiger partial charge < -0.3 is 14.7 Å². The van der Waals surface area contributed by atoms with Gasteiger partial charge >= 0.3 is 0 Å². The van der Waals surface area contributed by atoms with Gasteiger partial charge in [0.25, 0.3) is 15.9 Å². The highest BCUT2D eigenvalue weighted by Crippen LogP contribution is 2.38. The van der Waals surface area contributed by atoms with E-state index in [0.717, 1.165) is 18.2 Å². The third-order valence-electron chi connectivity index (χ3n) is 5.47. The number of rotatable bonds is 0. The Morgan fingerprint density at radius 3 is 2.55 bits per heavy atom. The normalized spacial score (nSPS) is 17.1. The summed E-state index contributed by atoms with van der Waals surface area (Å²) in [5.74, 6) is -3.12. The van der Waals surface area contributed by atoms with Crippen LogP contribution in [-0.2, 0) is 10.0 Å². The summed E-state index contributed by atoms with van der Waals surface area (Å²) in [5, 5.41) is 9.90. The zero-order chi connectivity index (χ0) is 23.5. The third-order valence-corrected chi connectivity index (χ3v) is 7.14. The highest BCUT2D eigenvalue weighted by molar-refractivity contribution is 7.92. The van der Waals surface area contributed by atoms with Crippen molar-refractivity contribution in [3.63, 3.8) is 0 Å². The van der Waals surface area contributed by atoms with E-state index in [-0.39, 0.29) is 34.8 Å². The summed E-state index contributed by atoms with van der Waals surface area (Å²) in [6.07, 6.45) is -0.392. The number of nitrogens with zero attached hydrogens (tertiary/aromatic N) is 1. The van der Waals surface area contributed by atoms with Crippen molar-refractivity contribution in [3.8, 4) is 22.6 Å². The summed E-state index contributed by atoms with van der Waals surface area (Å²) in [6.45, 7) is 0.395. The third kappa shape index (κ3) is 3.65. The monoisotopic (exact) mass is 492 g/mol. The SMILES string of the molecule is O=C1c2cc(Cl)c(O)c(c2)S(=O)(=O)Nc2cc(c(F)cc2F)-c2ccccc2OC2CN1C2. The number of anilines is 1. The number of phenols is 1. The smallest absolute Gasteiger partial charge is 0.265 e. The lowest BCUT2D eigenvalue weighted by Crippen LogP contribution is -2.56. The lowest BCUT2D eigenvalue weighted by molar-refractivity contribution is 0.0180. The topological polar surface area (TPSA) is 95.9 Å². The van der Waals surface area contributed by atoms with Gasteiger partial charge in [-0.05, 0) is 24.3 Å². The van der Waals surface area contributed by atoms with Crippen LogP contribution < -0.4 is 9.46 Å². The minimum absolute atomic E-state index is 0.0767. The highest BCUT2D eigenvalue weighted by atomic mass is 35.5. The summed E-state index contributed by atoms with van der Waals surface area (Å²) in [4.78, 5) is 13.6. The molecule has 1 amide bonds. The number of hydrogen-bond acceptors (Lipinski definition) is 5. The molecule has 0 saturated carbocycles. The number of nitrogens with one attached hydrogen (secondary N) is 1. The van der Waals surface area contributed by atoms with Gasteiger partial charge in [-0.25, -0.2) is 17.2 Å². The van der Waals surface area contributed by atoms with Crippen LogP contribution in [0, 0.1) is 11.6 Å². The fourth-order valence-corrected chi connectivity index (χ4v) is 5.25. The van der Waals surface area contributed by atoms with Gasteiger partial charge in [0.05, 0.1) is 23.8 Å². The van der Waals surface area contributed by atoms with Crippen LogP contribution >= 0.6 is 11.6 Å². The number of para-hydroxylation sites is 1. The molecule has 3 aromatic carbocycles. The van der Waals surface area contributed by atoms with E-state index in [1.165, 1.54) is 4.90 Å². The van der Waals surface area contributed by atoms with E-state index >= 15 is 0 Å². The standard InChI is InChI=1S/C22H15ClF2N2O5S/c23-15-5-11-6-20(21(15)28)33(30,31)26-18-7-14(16(24)8-17(18)25)13-3-1-2-4-19(13)32-12-9-27(10-12)22(11)29/h1-8,12,26,28H,9-10H2. The lowest BCUT2D eigenvalue weighted by Gasteiger charge is -2.39. The summed E-state index contributed by atoms with van der Waals surface area (Å²) in [7, 11) is -4.62. The average molecular weight is 493 g/mol. The molecule has 11 heteroatoms. The van der Waals surface area contributed by atoms with Gasteiger partial charge in [-0.2, -0.15) is 0 Å². The number of aromatic hydroxyl groups is 1. The number of halogens is 3. The molecule has 6 rings (SSSR count). The Labute approximate surface area is 192 Å². The Morgan fingerprint density at radius 1 is 1.06 bits per heavy atom. The molecule has 1 saturated heterocycles. The molecule has 6 bridgehead atoms. The van der Waals surface area contributed by atoms with Crippen LogP contribution in [0.15, 0.2) is 53.4 Å². The largest absolute Gasteiger partial charge is 0.505 e. The van der Waals surface area contributed by atoms with Gasteiger partial charge in [0.15, 0.2) is 5.75 Å². The number of amides is 1. The van der Waals surface area contributed by atoms with Crippen molar-refractivity contribution in [2.45, 2.75) is 11.0 Å². The Hall–Kier alpha value is -3.37. The van der Waals surface area contributed by atoms with Crippen LogP contribution in [0.1, 0.15) is 10.4 Å². The quantitative estimate of drug-likeness (QED) is 0.494. The Morgan fingerprint density at radius 2 is 1.79 bits per heavy atom. The number of hydrogen-bond donors (Lipinski definition) is 2. The van der Waals surface area contributed by atoms with Crippen molar-refractivity contribution >= 4 is 33.2 Å². The van der Waals surface area contributed by atoms with Gasteiger partial charge in [-0.3, -0.25) is 9.52 Å². The van der Waals surface area contributed by atoms with Crippen LogP contribution in [0.3, 0.4) is 0 Å². The number of fused-ring (bicyclic) bond motifs is 1. The molecule has 0 radical (unpaired) electrons. The minimum atomic E-state index is -4.62. The molecule has 0 unspecified atom stereocenters. The van der Waals surface area contributed by atoms with E-state index in [9.17, 15) is 27.1 Å². The first-order valence-corrected chi connectivity index (χ1v) is 11.6. The molecular weight excluding hydrogens is 478 g/mol. The molecule has 0 aliphatic carbocycles. The molecule has 170 valence electrons. The van der Waals surface area contributed by atoms with E-state index in [2.05, 4.69) is 0 Å². The van der Waals surface area contributed by atoms with E-state index in [1.54, 1.807) is 24.3 Å². The lowest BCUT2D eigenvalue weighted by atomic mass is 10.0. The van der Waals surface area contributed by atoms with Gasteiger partial charge in [0.2, 0.25) is 0 Å². The molecule has 0 spiro atoms. The molecule has 7 nitrogen and oxygen atoms in total. The maximum Gasteiger partial charge on any atom is 0.265 e. The molecule has 0 atom stereocenters. The maximum absolute atomic E-state index is 14.7. The van der Waals surface area contributed by atoms with Crippen molar-refractivity contribution in [1.29, 1.82) is 0 Å². The fraction of sp³-hybridized carbons (Fsp3) is 0.136. The zero-order valence-electron chi connectivity index (χ0n) is 16.7. The van der Waals surface area contributed by atoms with Crippen molar-refractivity contribution in [1.82, 2.24) is 4.90 Å². The van der Waals surface area contributed by atoms with E-state index in [1.807, 2.05) is 4.72 Å². The predicted octanol–water partition coefficient (Wildman–Crippen LogP) is 4.01. The second kappa shape index (κ2) is 7.60. The molecule has 0 aromatic heterocycles. The number of ether oxygens (including phenoxy) is 1. The van der Waals surface area contributed by atoms with Crippen LogP contribution in [0.5, 0.6) is 11.5 Å². The number of carbonyl (C=O) groups is 1. The van der Waals surface area contributed by atoms with E-state index in [4.69, 9.17) is 16.3 Å². The Balaban J connectivity index is 1.73. The first kappa shape index (κ1) is 21.5. The fourth-order valence-electron chi connectivity index (χ4n) is 3.77. The number of sulfonamides is 1. The first-order chi connectivity index (χ1) is 15.6. The Kier molecular flexibility index (Phi) is 4.95. The minimum Gasteiger partial charge on any atom is -0.505 e. The van der Waals surface area contributed by atoms with E-state index < -0.39 is 50.0 Å².